The van der Waals surface area contributed by atoms with Gasteiger partial charge in [0, 0.05) is 35.6 Å². The molecule has 0 atom stereocenters. The van der Waals surface area contributed by atoms with E-state index in [1.165, 1.54) is 13.3 Å². The molecule has 1 aliphatic carbocycles. The molecule has 30 heavy (non-hydrogen) atoms. The van der Waals surface area contributed by atoms with Gasteiger partial charge in [0.15, 0.2) is 0 Å². The first kappa shape index (κ1) is 21.4. The van der Waals surface area contributed by atoms with Gasteiger partial charge in [-0.15, -0.1) is 0 Å². The number of amides is 3. The molecule has 158 valence electrons. The van der Waals surface area contributed by atoms with Crippen molar-refractivity contribution in [3.8, 4) is 0 Å². The number of carbonyl (C=O) groups is 3. The zero-order valence-corrected chi connectivity index (χ0v) is 17.2. The lowest BCUT2D eigenvalue weighted by atomic mass is 9.95. The molecule has 7 heteroatoms. The number of anilines is 3. The van der Waals surface area contributed by atoms with Crippen molar-refractivity contribution in [2.75, 3.05) is 22.5 Å². The molecule has 7 nitrogen and oxygen atoms in total. The number of rotatable bonds is 7. The lowest BCUT2D eigenvalue weighted by Crippen LogP contribution is -2.36. The Kier molecular flexibility index (Phi) is 7.43. The fraction of sp³-hybridized carbons (Fsp3) is 0.348. The van der Waals surface area contributed by atoms with Crippen molar-refractivity contribution >= 4 is 34.8 Å². The van der Waals surface area contributed by atoms with Gasteiger partial charge >= 0.3 is 0 Å². The third-order valence-electron chi connectivity index (χ3n) is 5.01. The van der Waals surface area contributed by atoms with Crippen molar-refractivity contribution in [2.45, 2.75) is 45.1 Å². The van der Waals surface area contributed by atoms with Crippen molar-refractivity contribution < 1.29 is 14.4 Å². The molecule has 0 aliphatic heterocycles. The number of hydrogen-bond donors (Lipinski definition) is 4. The molecule has 1 aliphatic rings. The molecule has 3 rings (SSSR count). The van der Waals surface area contributed by atoms with Crippen LogP contribution in [0.25, 0.3) is 0 Å². The van der Waals surface area contributed by atoms with Crippen molar-refractivity contribution in [1.29, 1.82) is 0 Å². The Hall–Kier alpha value is -3.35. The summed E-state index contributed by atoms with van der Waals surface area (Å²) in [6, 6.07) is 14.3. The van der Waals surface area contributed by atoms with E-state index < -0.39 is 0 Å². The number of nitrogens with one attached hydrogen (secondary N) is 4. The lowest BCUT2D eigenvalue weighted by Gasteiger charge is -2.22. The quantitative estimate of drug-likeness (QED) is 0.561. The van der Waals surface area contributed by atoms with Crippen LogP contribution in [-0.4, -0.2) is 30.3 Å². The fourth-order valence-electron chi connectivity index (χ4n) is 3.51. The molecule has 0 bridgehead atoms. The van der Waals surface area contributed by atoms with Gasteiger partial charge in [0.05, 0.1) is 6.54 Å². The summed E-state index contributed by atoms with van der Waals surface area (Å²) < 4.78 is 0. The second-order valence-electron chi connectivity index (χ2n) is 7.55. The zero-order valence-electron chi connectivity index (χ0n) is 17.2. The Bertz CT molecular complexity index is 890. The molecule has 4 N–H and O–H groups in total. The van der Waals surface area contributed by atoms with Gasteiger partial charge in [-0.05, 0) is 55.3 Å². The SMILES string of the molecule is CC(=O)Nc1ccc(NC(=O)CNc2cccc(C(=O)NC3CCCCC3)c2)cc1. The van der Waals surface area contributed by atoms with Crippen LogP contribution in [-0.2, 0) is 9.59 Å². The highest BCUT2D eigenvalue weighted by atomic mass is 16.2. The van der Waals surface area contributed by atoms with Gasteiger partial charge in [0.1, 0.15) is 0 Å². The average Bonchev–Trinajstić information content (AvgIpc) is 2.74. The van der Waals surface area contributed by atoms with Crippen LogP contribution in [0.3, 0.4) is 0 Å². The molecule has 2 aromatic carbocycles. The summed E-state index contributed by atoms with van der Waals surface area (Å²) in [6.45, 7) is 1.51. The predicted molar refractivity (Wildman–Crippen MR) is 119 cm³/mol. The predicted octanol–water partition coefficient (Wildman–Crippen LogP) is 3.76. The average molecular weight is 409 g/mol. The van der Waals surface area contributed by atoms with E-state index in [2.05, 4.69) is 21.3 Å². The summed E-state index contributed by atoms with van der Waals surface area (Å²) in [6.07, 6.45) is 5.65. The maximum absolute atomic E-state index is 12.5. The van der Waals surface area contributed by atoms with Crippen LogP contribution in [0.4, 0.5) is 17.1 Å². The van der Waals surface area contributed by atoms with Crippen molar-refractivity contribution in [3.05, 3.63) is 54.1 Å². The second-order valence-corrected chi connectivity index (χ2v) is 7.55. The number of carbonyl (C=O) groups excluding carboxylic acids is 3. The summed E-state index contributed by atoms with van der Waals surface area (Å²) >= 11 is 0. The van der Waals surface area contributed by atoms with E-state index in [1.54, 1.807) is 42.5 Å². The summed E-state index contributed by atoms with van der Waals surface area (Å²) in [4.78, 5) is 35.7. The van der Waals surface area contributed by atoms with E-state index in [0.717, 1.165) is 25.7 Å². The second kappa shape index (κ2) is 10.4. The Morgan fingerprint density at radius 3 is 2.20 bits per heavy atom. The van der Waals surface area contributed by atoms with Crippen LogP contribution in [0, 0.1) is 0 Å². The first-order valence-electron chi connectivity index (χ1n) is 10.3. The molecule has 0 aromatic heterocycles. The van der Waals surface area contributed by atoms with Gasteiger partial charge in [-0.25, -0.2) is 0 Å². The molecular weight excluding hydrogens is 380 g/mol. The van der Waals surface area contributed by atoms with Crippen molar-refractivity contribution in [1.82, 2.24) is 5.32 Å². The minimum atomic E-state index is -0.209. The smallest absolute Gasteiger partial charge is 0.251 e. The van der Waals surface area contributed by atoms with E-state index in [-0.39, 0.29) is 30.3 Å². The molecule has 0 unspecified atom stereocenters. The molecule has 0 heterocycles. The van der Waals surface area contributed by atoms with Gasteiger partial charge in [-0.3, -0.25) is 14.4 Å². The van der Waals surface area contributed by atoms with Crippen molar-refractivity contribution in [3.63, 3.8) is 0 Å². The van der Waals surface area contributed by atoms with E-state index in [0.29, 0.717) is 22.6 Å². The first-order chi connectivity index (χ1) is 14.5. The molecule has 3 amide bonds. The van der Waals surface area contributed by atoms with E-state index in [4.69, 9.17) is 0 Å². The highest BCUT2D eigenvalue weighted by Gasteiger charge is 2.16. The maximum Gasteiger partial charge on any atom is 0.251 e. The number of hydrogen-bond acceptors (Lipinski definition) is 4. The molecule has 0 saturated heterocycles. The summed E-state index contributed by atoms with van der Waals surface area (Å²) in [5, 5.41) is 11.6. The summed E-state index contributed by atoms with van der Waals surface area (Å²) in [7, 11) is 0. The van der Waals surface area contributed by atoms with E-state index in [9.17, 15) is 14.4 Å². The molecule has 0 radical (unpaired) electrons. The Balaban J connectivity index is 1.49. The largest absolute Gasteiger partial charge is 0.376 e. The van der Waals surface area contributed by atoms with Crippen LogP contribution in [0.15, 0.2) is 48.5 Å². The lowest BCUT2D eigenvalue weighted by molar-refractivity contribution is -0.115. The van der Waals surface area contributed by atoms with Crippen LogP contribution in [0.1, 0.15) is 49.4 Å². The van der Waals surface area contributed by atoms with Crippen LogP contribution in [0.2, 0.25) is 0 Å². The Morgan fingerprint density at radius 1 is 0.867 bits per heavy atom. The topological polar surface area (TPSA) is 99.3 Å². The van der Waals surface area contributed by atoms with Crippen LogP contribution < -0.4 is 21.3 Å². The monoisotopic (exact) mass is 408 g/mol. The third-order valence-corrected chi connectivity index (χ3v) is 5.01. The zero-order chi connectivity index (χ0) is 21.3. The summed E-state index contributed by atoms with van der Waals surface area (Å²) in [5.41, 5.74) is 2.60. The van der Waals surface area contributed by atoms with Crippen LogP contribution in [0.5, 0.6) is 0 Å². The van der Waals surface area contributed by atoms with Crippen LogP contribution >= 0.6 is 0 Å². The third kappa shape index (κ3) is 6.62. The standard InChI is InChI=1S/C23H28N4O3/c1-16(28)25-19-10-12-20(13-11-19)26-22(29)15-24-21-9-5-6-17(14-21)23(30)27-18-7-3-2-4-8-18/h5-6,9-14,18,24H,2-4,7-8,15H2,1H3,(H,25,28)(H,26,29)(H,27,30). The van der Waals surface area contributed by atoms with Crippen molar-refractivity contribution in [2.24, 2.45) is 0 Å². The highest BCUT2D eigenvalue weighted by Crippen LogP contribution is 2.18. The molecular formula is C23H28N4O3. The number of benzene rings is 2. The Labute approximate surface area is 176 Å². The van der Waals surface area contributed by atoms with Gasteiger partial charge in [0.25, 0.3) is 5.91 Å². The van der Waals surface area contributed by atoms with E-state index in [1.807, 2.05) is 6.07 Å². The first-order valence-corrected chi connectivity index (χ1v) is 10.3. The molecule has 1 saturated carbocycles. The van der Waals surface area contributed by atoms with E-state index >= 15 is 0 Å². The molecule has 1 fully saturated rings. The highest BCUT2D eigenvalue weighted by molar-refractivity contribution is 5.96. The molecule has 0 spiro atoms. The minimum absolute atomic E-state index is 0.0706. The van der Waals surface area contributed by atoms with Gasteiger partial charge < -0.3 is 21.3 Å². The van der Waals surface area contributed by atoms with Gasteiger partial charge in [-0.1, -0.05) is 25.3 Å². The fourth-order valence-corrected chi connectivity index (χ4v) is 3.51. The maximum atomic E-state index is 12.5. The van der Waals surface area contributed by atoms with Gasteiger partial charge in [0.2, 0.25) is 11.8 Å². The van der Waals surface area contributed by atoms with Gasteiger partial charge in [-0.2, -0.15) is 0 Å². The molecule has 2 aromatic rings. The summed E-state index contributed by atoms with van der Waals surface area (Å²) in [5.74, 6) is -0.431. The normalized spacial score (nSPS) is 13.9. The minimum Gasteiger partial charge on any atom is -0.376 e. The Morgan fingerprint density at radius 2 is 1.53 bits per heavy atom.